The Bertz CT molecular complexity index is 235. The van der Waals surface area contributed by atoms with Crippen LogP contribution in [0.15, 0.2) is 22.9 Å². The predicted molar refractivity (Wildman–Crippen MR) is 49.3 cm³/mol. The number of pyridine rings is 1. The lowest BCUT2D eigenvalue weighted by atomic mass is 10.1. The Hall–Kier alpha value is -0.410. The Morgan fingerprint density at radius 2 is 2.45 bits per heavy atom. The summed E-state index contributed by atoms with van der Waals surface area (Å²) in [5, 5.41) is 0. The van der Waals surface area contributed by atoms with E-state index in [2.05, 4.69) is 20.9 Å². The van der Waals surface area contributed by atoms with Crippen molar-refractivity contribution in [3.63, 3.8) is 0 Å². The average Bonchev–Trinajstić information content (AvgIpc) is 1.93. The molecule has 0 amide bonds. The van der Waals surface area contributed by atoms with Crippen molar-refractivity contribution in [3.8, 4) is 0 Å². The first kappa shape index (κ1) is 8.68. The van der Waals surface area contributed by atoms with E-state index in [0.29, 0.717) is 0 Å². The van der Waals surface area contributed by atoms with E-state index < -0.39 is 0 Å². The fourth-order valence-corrected chi connectivity index (χ4v) is 1.33. The molecule has 1 atom stereocenters. The Kier molecular flexibility index (Phi) is 3.02. The average molecular weight is 215 g/mol. The van der Waals surface area contributed by atoms with Gasteiger partial charge in [0.05, 0.1) is 0 Å². The Labute approximate surface area is 75.0 Å². The predicted octanol–water partition coefficient (Wildman–Crippen LogP) is 1.73. The van der Waals surface area contributed by atoms with Crippen molar-refractivity contribution in [2.45, 2.75) is 19.4 Å². The molecule has 1 aromatic heterocycles. The summed E-state index contributed by atoms with van der Waals surface area (Å²) in [5.41, 5.74) is 6.81. The van der Waals surface area contributed by atoms with E-state index in [1.807, 2.05) is 19.1 Å². The number of hydrogen-bond donors (Lipinski definition) is 1. The molecule has 0 bridgehead atoms. The SMILES string of the molecule is C[C@H](N)Cc1cccnc1Br. The largest absolute Gasteiger partial charge is 0.328 e. The van der Waals surface area contributed by atoms with Gasteiger partial charge in [-0.3, -0.25) is 0 Å². The van der Waals surface area contributed by atoms with Crippen LogP contribution < -0.4 is 5.73 Å². The second kappa shape index (κ2) is 3.83. The first-order chi connectivity index (χ1) is 5.20. The zero-order valence-electron chi connectivity index (χ0n) is 6.42. The summed E-state index contributed by atoms with van der Waals surface area (Å²) in [4.78, 5) is 4.09. The second-order valence-electron chi connectivity index (χ2n) is 2.63. The Balaban J connectivity index is 2.78. The topological polar surface area (TPSA) is 38.9 Å². The fraction of sp³-hybridized carbons (Fsp3) is 0.375. The first-order valence-electron chi connectivity index (χ1n) is 3.55. The summed E-state index contributed by atoms with van der Waals surface area (Å²) in [6.07, 6.45) is 2.63. The van der Waals surface area contributed by atoms with Crippen LogP contribution in [0.1, 0.15) is 12.5 Å². The maximum absolute atomic E-state index is 5.64. The monoisotopic (exact) mass is 214 g/mol. The molecule has 0 radical (unpaired) electrons. The summed E-state index contributed by atoms with van der Waals surface area (Å²) in [6, 6.07) is 4.14. The van der Waals surface area contributed by atoms with Crippen LogP contribution in [-0.4, -0.2) is 11.0 Å². The van der Waals surface area contributed by atoms with Gasteiger partial charge in [-0.05, 0) is 40.9 Å². The molecule has 11 heavy (non-hydrogen) atoms. The van der Waals surface area contributed by atoms with Crippen LogP contribution in [0.25, 0.3) is 0 Å². The molecule has 0 fully saturated rings. The van der Waals surface area contributed by atoms with Gasteiger partial charge in [-0.2, -0.15) is 0 Å². The van der Waals surface area contributed by atoms with Crippen molar-refractivity contribution < 1.29 is 0 Å². The zero-order valence-corrected chi connectivity index (χ0v) is 8.01. The number of halogens is 1. The lowest BCUT2D eigenvalue weighted by molar-refractivity contribution is 0.733. The number of nitrogens with zero attached hydrogens (tertiary/aromatic N) is 1. The van der Waals surface area contributed by atoms with E-state index in [1.54, 1.807) is 6.20 Å². The van der Waals surface area contributed by atoms with Gasteiger partial charge in [0.2, 0.25) is 0 Å². The summed E-state index contributed by atoms with van der Waals surface area (Å²) < 4.78 is 0.900. The minimum Gasteiger partial charge on any atom is -0.328 e. The Morgan fingerprint density at radius 3 is 3.00 bits per heavy atom. The second-order valence-corrected chi connectivity index (χ2v) is 3.39. The normalized spacial score (nSPS) is 13.0. The van der Waals surface area contributed by atoms with Gasteiger partial charge in [-0.25, -0.2) is 4.98 Å². The standard InChI is InChI=1S/C8H11BrN2/c1-6(10)5-7-3-2-4-11-8(7)9/h2-4,6H,5,10H2,1H3/t6-/m0/s1. The van der Waals surface area contributed by atoms with Gasteiger partial charge in [0.1, 0.15) is 4.60 Å². The lowest BCUT2D eigenvalue weighted by Gasteiger charge is -2.05. The summed E-state index contributed by atoms with van der Waals surface area (Å²) in [6.45, 7) is 1.99. The van der Waals surface area contributed by atoms with E-state index in [9.17, 15) is 0 Å². The van der Waals surface area contributed by atoms with E-state index >= 15 is 0 Å². The van der Waals surface area contributed by atoms with Gasteiger partial charge >= 0.3 is 0 Å². The van der Waals surface area contributed by atoms with Crippen LogP contribution >= 0.6 is 15.9 Å². The number of aromatic nitrogens is 1. The highest BCUT2D eigenvalue weighted by Crippen LogP contribution is 2.13. The number of hydrogen-bond acceptors (Lipinski definition) is 2. The number of rotatable bonds is 2. The molecule has 2 nitrogen and oxygen atoms in total. The van der Waals surface area contributed by atoms with Crippen molar-refractivity contribution >= 4 is 15.9 Å². The molecule has 1 rings (SSSR count). The third-order valence-electron chi connectivity index (χ3n) is 1.38. The van der Waals surface area contributed by atoms with Gasteiger partial charge in [-0.1, -0.05) is 6.07 Å². The fourth-order valence-electron chi connectivity index (χ4n) is 0.918. The maximum Gasteiger partial charge on any atom is 0.109 e. The van der Waals surface area contributed by atoms with Crippen LogP contribution in [0.5, 0.6) is 0 Å². The summed E-state index contributed by atoms with van der Waals surface area (Å²) >= 11 is 3.36. The van der Waals surface area contributed by atoms with Crippen LogP contribution in [0.3, 0.4) is 0 Å². The van der Waals surface area contributed by atoms with Crippen molar-refractivity contribution in [2.75, 3.05) is 0 Å². The van der Waals surface area contributed by atoms with Crippen molar-refractivity contribution in [3.05, 3.63) is 28.5 Å². The van der Waals surface area contributed by atoms with Crippen molar-refractivity contribution in [2.24, 2.45) is 5.73 Å². The highest BCUT2D eigenvalue weighted by molar-refractivity contribution is 9.10. The highest BCUT2D eigenvalue weighted by Gasteiger charge is 2.01. The lowest BCUT2D eigenvalue weighted by Crippen LogP contribution is -2.18. The molecule has 0 aliphatic rings. The summed E-state index contributed by atoms with van der Waals surface area (Å²) in [7, 11) is 0. The third-order valence-corrected chi connectivity index (χ3v) is 2.09. The van der Waals surface area contributed by atoms with Gasteiger partial charge in [0, 0.05) is 12.2 Å². The molecule has 1 aromatic rings. The zero-order chi connectivity index (χ0) is 8.27. The molecule has 60 valence electrons. The van der Waals surface area contributed by atoms with Gasteiger partial charge in [0.15, 0.2) is 0 Å². The van der Waals surface area contributed by atoms with Crippen LogP contribution in [0.4, 0.5) is 0 Å². The smallest absolute Gasteiger partial charge is 0.109 e. The van der Waals surface area contributed by atoms with Crippen molar-refractivity contribution in [1.29, 1.82) is 0 Å². The highest BCUT2D eigenvalue weighted by atomic mass is 79.9. The van der Waals surface area contributed by atoms with Crippen LogP contribution in [0.2, 0.25) is 0 Å². The van der Waals surface area contributed by atoms with Crippen molar-refractivity contribution in [1.82, 2.24) is 4.98 Å². The molecular formula is C8H11BrN2. The molecule has 2 N–H and O–H groups in total. The molecule has 3 heteroatoms. The van der Waals surface area contributed by atoms with E-state index in [-0.39, 0.29) is 6.04 Å². The molecule has 0 aliphatic heterocycles. The van der Waals surface area contributed by atoms with E-state index in [1.165, 1.54) is 5.56 Å². The molecule has 0 unspecified atom stereocenters. The summed E-state index contributed by atoms with van der Waals surface area (Å²) in [5.74, 6) is 0. The molecule has 0 saturated carbocycles. The van der Waals surface area contributed by atoms with E-state index in [4.69, 9.17) is 5.73 Å². The third kappa shape index (κ3) is 2.60. The molecular weight excluding hydrogens is 204 g/mol. The number of nitrogens with two attached hydrogens (primary N) is 1. The first-order valence-corrected chi connectivity index (χ1v) is 4.34. The molecule has 0 aromatic carbocycles. The molecule has 0 spiro atoms. The van der Waals surface area contributed by atoms with E-state index in [0.717, 1.165) is 11.0 Å². The van der Waals surface area contributed by atoms with Gasteiger partial charge < -0.3 is 5.73 Å². The minimum atomic E-state index is 0.190. The van der Waals surface area contributed by atoms with Gasteiger partial charge in [0.25, 0.3) is 0 Å². The molecule has 0 aliphatic carbocycles. The van der Waals surface area contributed by atoms with Gasteiger partial charge in [-0.15, -0.1) is 0 Å². The quantitative estimate of drug-likeness (QED) is 0.763. The van der Waals surface area contributed by atoms with Crippen LogP contribution in [0, 0.1) is 0 Å². The Morgan fingerprint density at radius 1 is 1.73 bits per heavy atom. The minimum absolute atomic E-state index is 0.190. The van der Waals surface area contributed by atoms with Crippen LogP contribution in [-0.2, 0) is 6.42 Å². The molecule has 1 heterocycles. The maximum atomic E-state index is 5.64. The molecule has 0 saturated heterocycles.